The monoisotopic (exact) mass is 391 g/mol. The van der Waals surface area contributed by atoms with Crippen LogP contribution in [0.5, 0.6) is 11.5 Å². The van der Waals surface area contributed by atoms with E-state index in [9.17, 15) is 9.59 Å². The summed E-state index contributed by atoms with van der Waals surface area (Å²) in [6.07, 6.45) is 3.10. The Labute approximate surface area is 168 Å². The van der Waals surface area contributed by atoms with Crippen molar-refractivity contribution >= 4 is 17.5 Å². The van der Waals surface area contributed by atoms with Crippen LogP contribution < -0.4 is 20.1 Å². The molecule has 1 heterocycles. The lowest BCUT2D eigenvalue weighted by atomic mass is 10.1. The smallest absolute Gasteiger partial charge is 0.257 e. The number of ether oxygens (including phenoxy) is 2. The van der Waals surface area contributed by atoms with Crippen LogP contribution in [-0.2, 0) is 6.54 Å². The predicted molar refractivity (Wildman–Crippen MR) is 109 cm³/mol. The van der Waals surface area contributed by atoms with E-state index < -0.39 is 0 Å². The third-order valence-corrected chi connectivity index (χ3v) is 4.24. The van der Waals surface area contributed by atoms with E-state index in [0.29, 0.717) is 28.3 Å². The summed E-state index contributed by atoms with van der Waals surface area (Å²) < 4.78 is 10.4. The van der Waals surface area contributed by atoms with Crippen molar-refractivity contribution in [1.82, 2.24) is 10.3 Å². The number of methoxy groups -OCH3 is 2. The van der Waals surface area contributed by atoms with Crippen LogP contribution in [-0.4, -0.2) is 31.0 Å². The van der Waals surface area contributed by atoms with Crippen LogP contribution in [0.15, 0.2) is 67.0 Å². The highest BCUT2D eigenvalue weighted by Crippen LogP contribution is 2.23. The number of aromatic nitrogens is 1. The fraction of sp³-hybridized carbons (Fsp3) is 0.136. The number of hydrogen-bond acceptors (Lipinski definition) is 5. The number of nitrogens with one attached hydrogen (secondary N) is 2. The number of rotatable bonds is 7. The SMILES string of the molecule is COc1cc(OC)cc(C(=O)NCc2ccccc2NC(=O)c2cccnc2)c1. The van der Waals surface area contributed by atoms with Gasteiger partial charge in [-0.05, 0) is 35.9 Å². The summed E-state index contributed by atoms with van der Waals surface area (Å²) in [5, 5.41) is 5.71. The van der Waals surface area contributed by atoms with Gasteiger partial charge in [0.1, 0.15) is 11.5 Å². The Kier molecular flexibility index (Phi) is 6.42. The number of amides is 2. The van der Waals surface area contributed by atoms with Crippen LogP contribution in [0.1, 0.15) is 26.3 Å². The van der Waals surface area contributed by atoms with E-state index in [1.807, 2.05) is 18.2 Å². The number of nitrogens with zero attached hydrogens (tertiary/aromatic N) is 1. The Morgan fingerprint density at radius 1 is 0.897 bits per heavy atom. The van der Waals surface area contributed by atoms with Crippen LogP contribution in [0, 0.1) is 0 Å². The summed E-state index contributed by atoms with van der Waals surface area (Å²) in [5.41, 5.74) is 2.26. The third-order valence-electron chi connectivity index (χ3n) is 4.24. The number of pyridine rings is 1. The molecule has 0 unspecified atom stereocenters. The topological polar surface area (TPSA) is 89.5 Å². The first kappa shape index (κ1) is 19.9. The molecule has 3 aromatic rings. The normalized spacial score (nSPS) is 10.1. The number of anilines is 1. The number of carbonyl (C=O) groups is 2. The summed E-state index contributed by atoms with van der Waals surface area (Å²) in [6.45, 7) is 0.238. The van der Waals surface area contributed by atoms with Gasteiger partial charge in [0.2, 0.25) is 0 Å². The van der Waals surface area contributed by atoms with E-state index in [-0.39, 0.29) is 18.4 Å². The van der Waals surface area contributed by atoms with Gasteiger partial charge in [0.15, 0.2) is 0 Å². The van der Waals surface area contributed by atoms with Gasteiger partial charge in [0.25, 0.3) is 11.8 Å². The quantitative estimate of drug-likeness (QED) is 0.645. The van der Waals surface area contributed by atoms with E-state index in [1.54, 1.807) is 42.6 Å². The molecule has 0 bridgehead atoms. The van der Waals surface area contributed by atoms with Gasteiger partial charge in [-0.3, -0.25) is 14.6 Å². The average molecular weight is 391 g/mol. The minimum Gasteiger partial charge on any atom is -0.497 e. The van der Waals surface area contributed by atoms with Crippen molar-refractivity contribution < 1.29 is 19.1 Å². The van der Waals surface area contributed by atoms with Crippen LogP contribution in [0.25, 0.3) is 0 Å². The average Bonchev–Trinajstić information content (AvgIpc) is 2.78. The first-order valence-corrected chi connectivity index (χ1v) is 8.91. The number of para-hydroxylation sites is 1. The predicted octanol–water partition coefficient (Wildman–Crippen LogP) is 3.28. The first-order valence-electron chi connectivity index (χ1n) is 8.91. The fourth-order valence-electron chi connectivity index (χ4n) is 2.70. The van der Waals surface area contributed by atoms with E-state index in [4.69, 9.17) is 9.47 Å². The maximum atomic E-state index is 12.6. The van der Waals surface area contributed by atoms with Gasteiger partial charge in [-0.15, -0.1) is 0 Å². The zero-order valence-electron chi connectivity index (χ0n) is 16.1. The van der Waals surface area contributed by atoms with E-state index >= 15 is 0 Å². The molecule has 0 saturated heterocycles. The van der Waals surface area contributed by atoms with Gasteiger partial charge in [-0.2, -0.15) is 0 Å². The summed E-state index contributed by atoms with van der Waals surface area (Å²) in [6, 6.07) is 15.6. The van der Waals surface area contributed by atoms with Gasteiger partial charge in [0, 0.05) is 36.3 Å². The highest BCUT2D eigenvalue weighted by atomic mass is 16.5. The highest BCUT2D eigenvalue weighted by molar-refractivity contribution is 6.04. The summed E-state index contributed by atoms with van der Waals surface area (Å²) in [5.74, 6) is 0.502. The molecular weight excluding hydrogens is 370 g/mol. The van der Waals surface area contributed by atoms with Crippen LogP contribution in [0.3, 0.4) is 0 Å². The zero-order chi connectivity index (χ0) is 20.6. The second-order valence-electron chi connectivity index (χ2n) is 6.14. The highest BCUT2D eigenvalue weighted by Gasteiger charge is 2.12. The third kappa shape index (κ3) is 5.10. The lowest BCUT2D eigenvalue weighted by Crippen LogP contribution is -2.24. The molecule has 7 heteroatoms. The molecule has 0 fully saturated rings. The van der Waals surface area contributed by atoms with Gasteiger partial charge in [0.05, 0.1) is 19.8 Å². The second-order valence-corrected chi connectivity index (χ2v) is 6.14. The molecule has 0 aliphatic carbocycles. The van der Waals surface area contributed by atoms with Crippen molar-refractivity contribution in [1.29, 1.82) is 0 Å². The van der Waals surface area contributed by atoms with Crippen molar-refractivity contribution in [3.8, 4) is 11.5 Å². The van der Waals surface area contributed by atoms with E-state index in [1.165, 1.54) is 20.4 Å². The molecule has 0 aliphatic heterocycles. The molecule has 2 N–H and O–H groups in total. The Balaban J connectivity index is 1.71. The summed E-state index contributed by atoms with van der Waals surface area (Å²) in [7, 11) is 3.05. The Hall–Kier alpha value is -3.87. The molecule has 0 saturated carbocycles. The number of hydrogen-bond donors (Lipinski definition) is 2. The maximum Gasteiger partial charge on any atom is 0.257 e. The summed E-state index contributed by atoms with van der Waals surface area (Å²) in [4.78, 5) is 28.9. The number of benzene rings is 2. The molecule has 7 nitrogen and oxygen atoms in total. The molecular formula is C22H21N3O4. The minimum absolute atomic E-state index is 0.238. The van der Waals surface area contributed by atoms with Gasteiger partial charge in [-0.25, -0.2) is 0 Å². The maximum absolute atomic E-state index is 12.6. The molecule has 148 valence electrons. The Bertz CT molecular complexity index is 984. The lowest BCUT2D eigenvalue weighted by Gasteiger charge is -2.13. The Morgan fingerprint density at radius 3 is 2.28 bits per heavy atom. The molecule has 3 rings (SSSR count). The van der Waals surface area contributed by atoms with E-state index in [2.05, 4.69) is 15.6 Å². The van der Waals surface area contributed by atoms with Crippen molar-refractivity contribution in [2.24, 2.45) is 0 Å². The lowest BCUT2D eigenvalue weighted by molar-refractivity contribution is 0.0950. The van der Waals surface area contributed by atoms with Crippen LogP contribution in [0.2, 0.25) is 0 Å². The van der Waals surface area contributed by atoms with Crippen molar-refractivity contribution in [2.75, 3.05) is 19.5 Å². The number of carbonyl (C=O) groups excluding carboxylic acids is 2. The van der Waals surface area contributed by atoms with Crippen molar-refractivity contribution in [3.63, 3.8) is 0 Å². The molecule has 0 radical (unpaired) electrons. The fourth-order valence-corrected chi connectivity index (χ4v) is 2.70. The van der Waals surface area contributed by atoms with Gasteiger partial charge < -0.3 is 20.1 Å². The zero-order valence-corrected chi connectivity index (χ0v) is 16.1. The molecule has 1 aromatic heterocycles. The first-order chi connectivity index (χ1) is 14.1. The molecule has 2 aromatic carbocycles. The summed E-state index contributed by atoms with van der Waals surface area (Å²) >= 11 is 0. The molecule has 0 spiro atoms. The largest absolute Gasteiger partial charge is 0.497 e. The molecule has 2 amide bonds. The van der Waals surface area contributed by atoms with Crippen LogP contribution >= 0.6 is 0 Å². The molecule has 0 atom stereocenters. The van der Waals surface area contributed by atoms with Crippen molar-refractivity contribution in [2.45, 2.75) is 6.54 Å². The second kappa shape index (κ2) is 9.36. The van der Waals surface area contributed by atoms with Gasteiger partial charge >= 0.3 is 0 Å². The van der Waals surface area contributed by atoms with Crippen molar-refractivity contribution in [3.05, 3.63) is 83.7 Å². The minimum atomic E-state index is -0.282. The van der Waals surface area contributed by atoms with E-state index in [0.717, 1.165) is 5.56 Å². The van der Waals surface area contributed by atoms with Gasteiger partial charge in [-0.1, -0.05) is 18.2 Å². The Morgan fingerprint density at radius 2 is 1.62 bits per heavy atom. The van der Waals surface area contributed by atoms with Crippen LogP contribution in [0.4, 0.5) is 5.69 Å². The molecule has 0 aliphatic rings. The molecule has 29 heavy (non-hydrogen) atoms. The standard InChI is InChI=1S/C22H21N3O4/c1-28-18-10-17(11-19(12-18)29-2)21(26)24-14-15-6-3-4-8-20(15)25-22(27)16-7-5-9-23-13-16/h3-13H,14H2,1-2H3,(H,24,26)(H,25,27).